The Hall–Kier alpha value is -2.72. The van der Waals surface area contributed by atoms with Crippen molar-refractivity contribution in [2.24, 2.45) is 0 Å². The zero-order chi connectivity index (χ0) is 18.8. The summed E-state index contributed by atoms with van der Waals surface area (Å²) in [5, 5.41) is 4.04. The van der Waals surface area contributed by atoms with Crippen LogP contribution in [0.4, 0.5) is 13.2 Å². The highest BCUT2D eigenvalue weighted by Gasteiger charge is 2.30. The van der Waals surface area contributed by atoms with Crippen molar-refractivity contribution >= 4 is 10.0 Å². The number of nitrogens with zero attached hydrogens (tertiary/aromatic N) is 3. The molecule has 2 aromatic heterocycles. The first-order chi connectivity index (χ1) is 12.3. The molecule has 6 nitrogen and oxygen atoms in total. The highest BCUT2D eigenvalue weighted by molar-refractivity contribution is 7.89. The number of alkyl halides is 3. The summed E-state index contributed by atoms with van der Waals surface area (Å²) >= 11 is 0. The SMILES string of the molecule is O=S(=O)(NCc1ccnc(-n2cccn2)c1)c1ccc(C(F)(F)F)cc1. The van der Waals surface area contributed by atoms with Gasteiger partial charge in [0, 0.05) is 25.1 Å². The van der Waals surface area contributed by atoms with Crippen molar-refractivity contribution in [2.45, 2.75) is 17.6 Å². The number of rotatable bonds is 5. The fourth-order valence-electron chi connectivity index (χ4n) is 2.18. The molecule has 0 fully saturated rings. The van der Waals surface area contributed by atoms with E-state index in [0.717, 1.165) is 24.3 Å². The van der Waals surface area contributed by atoms with Gasteiger partial charge in [-0.3, -0.25) is 0 Å². The second-order valence-electron chi connectivity index (χ2n) is 5.32. The molecule has 26 heavy (non-hydrogen) atoms. The van der Waals surface area contributed by atoms with Gasteiger partial charge in [-0.15, -0.1) is 0 Å². The fraction of sp³-hybridized carbons (Fsp3) is 0.125. The molecule has 1 N–H and O–H groups in total. The average molecular weight is 382 g/mol. The average Bonchev–Trinajstić information content (AvgIpc) is 3.14. The summed E-state index contributed by atoms with van der Waals surface area (Å²) in [7, 11) is -3.95. The van der Waals surface area contributed by atoms with Crippen LogP contribution in [0.1, 0.15) is 11.1 Å². The summed E-state index contributed by atoms with van der Waals surface area (Å²) in [5.74, 6) is 0.515. The van der Waals surface area contributed by atoms with Gasteiger partial charge in [0.05, 0.1) is 10.5 Å². The van der Waals surface area contributed by atoms with Crippen molar-refractivity contribution < 1.29 is 21.6 Å². The van der Waals surface area contributed by atoms with Gasteiger partial charge in [-0.05, 0) is 48.0 Å². The predicted octanol–water partition coefficient (Wildman–Crippen LogP) is 2.76. The van der Waals surface area contributed by atoms with Crippen LogP contribution in [0.15, 0.2) is 66.0 Å². The predicted molar refractivity (Wildman–Crippen MR) is 86.8 cm³/mol. The van der Waals surface area contributed by atoms with Gasteiger partial charge in [-0.2, -0.15) is 18.3 Å². The number of nitrogens with one attached hydrogen (secondary N) is 1. The van der Waals surface area contributed by atoms with Crippen molar-refractivity contribution in [2.75, 3.05) is 0 Å². The lowest BCUT2D eigenvalue weighted by Crippen LogP contribution is -2.23. The number of sulfonamides is 1. The molecule has 0 saturated heterocycles. The molecule has 0 atom stereocenters. The van der Waals surface area contributed by atoms with E-state index in [2.05, 4.69) is 14.8 Å². The van der Waals surface area contributed by atoms with Crippen molar-refractivity contribution in [1.82, 2.24) is 19.5 Å². The largest absolute Gasteiger partial charge is 0.416 e. The van der Waals surface area contributed by atoms with E-state index in [1.54, 1.807) is 30.6 Å². The molecule has 0 bridgehead atoms. The van der Waals surface area contributed by atoms with Gasteiger partial charge in [0.1, 0.15) is 0 Å². The van der Waals surface area contributed by atoms with E-state index >= 15 is 0 Å². The molecule has 2 heterocycles. The van der Waals surface area contributed by atoms with Gasteiger partial charge < -0.3 is 0 Å². The van der Waals surface area contributed by atoms with E-state index in [1.165, 1.54) is 10.9 Å². The minimum Gasteiger partial charge on any atom is -0.237 e. The maximum Gasteiger partial charge on any atom is 0.416 e. The Bertz CT molecular complexity index is 985. The van der Waals surface area contributed by atoms with Crippen LogP contribution in [0.3, 0.4) is 0 Å². The van der Waals surface area contributed by atoms with Crippen LogP contribution in [0.2, 0.25) is 0 Å². The molecule has 0 aliphatic heterocycles. The third kappa shape index (κ3) is 4.09. The zero-order valence-electron chi connectivity index (χ0n) is 13.2. The lowest BCUT2D eigenvalue weighted by Gasteiger charge is -2.10. The van der Waals surface area contributed by atoms with Crippen molar-refractivity contribution in [1.29, 1.82) is 0 Å². The molecule has 0 radical (unpaired) electrons. The van der Waals surface area contributed by atoms with E-state index in [-0.39, 0.29) is 11.4 Å². The lowest BCUT2D eigenvalue weighted by atomic mass is 10.2. The molecule has 136 valence electrons. The van der Waals surface area contributed by atoms with Crippen LogP contribution in [0, 0.1) is 0 Å². The first-order valence-corrected chi connectivity index (χ1v) is 8.86. The molecule has 0 aliphatic carbocycles. The Labute approximate surface area is 147 Å². The third-order valence-electron chi connectivity index (χ3n) is 3.51. The van der Waals surface area contributed by atoms with E-state index in [9.17, 15) is 21.6 Å². The normalized spacial score (nSPS) is 12.3. The topological polar surface area (TPSA) is 76.9 Å². The number of pyridine rings is 1. The minimum absolute atomic E-state index is 0.0415. The molecule has 3 rings (SSSR count). The van der Waals surface area contributed by atoms with E-state index in [1.807, 2.05) is 0 Å². The highest BCUT2D eigenvalue weighted by Crippen LogP contribution is 2.29. The molecule has 0 unspecified atom stereocenters. The Morgan fingerprint density at radius 2 is 1.81 bits per heavy atom. The fourth-order valence-corrected chi connectivity index (χ4v) is 3.20. The smallest absolute Gasteiger partial charge is 0.237 e. The number of benzene rings is 1. The summed E-state index contributed by atoms with van der Waals surface area (Å²) in [5.41, 5.74) is -0.282. The van der Waals surface area contributed by atoms with E-state index in [4.69, 9.17) is 0 Å². The second-order valence-corrected chi connectivity index (χ2v) is 7.09. The Morgan fingerprint density at radius 1 is 1.08 bits per heavy atom. The summed E-state index contributed by atoms with van der Waals surface area (Å²) < 4.78 is 66.1. The quantitative estimate of drug-likeness (QED) is 0.736. The zero-order valence-corrected chi connectivity index (χ0v) is 14.0. The summed E-state index contributed by atoms with van der Waals surface area (Å²) in [6.07, 6.45) is 0.272. The minimum atomic E-state index is -4.52. The summed E-state index contributed by atoms with van der Waals surface area (Å²) in [6.45, 7) is -0.0415. The Kier molecular flexibility index (Phi) is 4.79. The van der Waals surface area contributed by atoms with Crippen LogP contribution >= 0.6 is 0 Å². The molecular formula is C16H13F3N4O2S. The van der Waals surface area contributed by atoms with Crippen molar-refractivity contribution in [3.05, 3.63) is 72.2 Å². The van der Waals surface area contributed by atoms with Gasteiger partial charge in [0.2, 0.25) is 10.0 Å². The van der Waals surface area contributed by atoms with Crippen LogP contribution < -0.4 is 4.72 Å². The first kappa shape index (κ1) is 18.1. The molecule has 0 spiro atoms. The van der Waals surface area contributed by atoms with Crippen LogP contribution in [-0.2, 0) is 22.7 Å². The van der Waals surface area contributed by atoms with Crippen LogP contribution in [-0.4, -0.2) is 23.2 Å². The number of hydrogen-bond donors (Lipinski definition) is 1. The molecule has 3 aromatic rings. The Morgan fingerprint density at radius 3 is 2.42 bits per heavy atom. The van der Waals surface area contributed by atoms with Gasteiger partial charge in [0.15, 0.2) is 5.82 Å². The number of halogens is 3. The number of aromatic nitrogens is 3. The van der Waals surface area contributed by atoms with Crippen molar-refractivity contribution in [3.8, 4) is 5.82 Å². The number of hydrogen-bond acceptors (Lipinski definition) is 4. The van der Waals surface area contributed by atoms with Crippen LogP contribution in [0.25, 0.3) is 5.82 Å². The van der Waals surface area contributed by atoms with Gasteiger partial charge in [-0.25, -0.2) is 22.8 Å². The standard InChI is InChI=1S/C16H13F3N4O2S/c17-16(18,19)13-2-4-14(5-3-13)26(24,25)22-11-12-6-8-20-15(10-12)23-9-1-7-21-23/h1-10,22H,11H2. The maximum atomic E-state index is 12.6. The first-order valence-electron chi connectivity index (χ1n) is 7.37. The molecule has 10 heteroatoms. The maximum absolute atomic E-state index is 12.6. The van der Waals surface area contributed by atoms with Gasteiger partial charge >= 0.3 is 6.18 Å². The molecule has 1 aromatic carbocycles. The van der Waals surface area contributed by atoms with Gasteiger partial charge in [0.25, 0.3) is 0 Å². The second kappa shape index (κ2) is 6.89. The monoisotopic (exact) mass is 382 g/mol. The lowest BCUT2D eigenvalue weighted by molar-refractivity contribution is -0.137. The van der Waals surface area contributed by atoms with Crippen molar-refractivity contribution in [3.63, 3.8) is 0 Å². The van der Waals surface area contributed by atoms with E-state index < -0.39 is 21.8 Å². The summed E-state index contributed by atoms with van der Waals surface area (Å²) in [4.78, 5) is 3.89. The molecular weight excluding hydrogens is 369 g/mol. The third-order valence-corrected chi connectivity index (χ3v) is 4.92. The highest BCUT2D eigenvalue weighted by atomic mass is 32.2. The molecule has 0 saturated carbocycles. The molecule has 0 aliphatic rings. The van der Waals surface area contributed by atoms with Gasteiger partial charge in [-0.1, -0.05) is 0 Å². The van der Waals surface area contributed by atoms with E-state index in [0.29, 0.717) is 11.4 Å². The van der Waals surface area contributed by atoms with Crippen LogP contribution in [0.5, 0.6) is 0 Å². The molecule has 0 amide bonds. The Balaban J connectivity index is 1.73. The summed E-state index contributed by atoms with van der Waals surface area (Å²) in [6, 6.07) is 8.32.